The molecule has 2 heterocycles. The summed E-state index contributed by atoms with van der Waals surface area (Å²) >= 11 is 0. The first kappa shape index (κ1) is 12.8. The molecule has 2 fully saturated rings. The summed E-state index contributed by atoms with van der Waals surface area (Å²) < 4.78 is 13.2. The van der Waals surface area contributed by atoms with Crippen LogP contribution >= 0.6 is 0 Å². The van der Waals surface area contributed by atoms with Crippen LogP contribution in [-0.4, -0.2) is 60.2 Å². The minimum atomic E-state index is -0.367. The van der Waals surface area contributed by atoms with Gasteiger partial charge in [-0.2, -0.15) is 0 Å². The maximum Gasteiger partial charge on any atom is 0.127 e. The predicted molar refractivity (Wildman–Crippen MR) is 71.6 cm³/mol. The normalized spacial score (nSPS) is 22.4. The molecule has 0 bridgehead atoms. The van der Waals surface area contributed by atoms with Crippen LogP contribution in [0.3, 0.4) is 0 Å². The third kappa shape index (κ3) is 3.05. The lowest BCUT2D eigenvalue weighted by Gasteiger charge is -2.43. The Bertz CT molecular complexity index is 422. The molecular formula is C14H20FN3O. The van der Waals surface area contributed by atoms with Gasteiger partial charge in [-0.05, 0) is 17.7 Å². The number of nitrogens with one attached hydrogen (secondary N) is 1. The topological polar surface area (TPSA) is 38.7 Å². The number of benzene rings is 1. The Morgan fingerprint density at radius 2 is 1.89 bits per heavy atom. The van der Waals surface area contributed by atoms with Crippen molar-refractivity contribution in [2.24, 2.45) is 0 Å². The fraction of sp³-hybridized carbons (Fsp3) is 0.571. The van der Waals surface area contributed by atoms with E-state index in [0.717, 1.165) is 50.9 Å². The molecular weight excluding hydrogens is 245 g/mol. The number of piperazine rings is 1. The molecule has 0 aromatic heterocycles. The lowest BCUT2D eigenvalue weighted by atomic mass is 10.1. The first-order chi connectivity index (χ1) is 9.20. The van der Waals surface area contributed by atoms with Crippen LogP contribution in [0.4, 0.5) is 4.39 Å². The first-order valence-corrected chi connectivity index (χ1v) is 6.86. The van der Waals surface area contributed by atoms with Crippen molar-refractivity contribution in [1.29, 1.82) is 0 Å². The largest absolute Gasteiger partial charge is 0.508 e. The molecule has 2 N–H and O–H groups in total. The third-order valence-electron chi connectivity index (χ3n) is 4.03. The summed E-state index contributed by atoms with van der Waals surface area (Å²) in [4.78, 5) is 4.84. The molecule has 3 rings (SSSR count). The molecule has 0 unspecified atom stereocenters. The number of halogens is 1. The molecule has 2 aliphatic rings. The Kier molecular flexibility index (Phi) is 3.68. The number of nitrogens with zero attached hydrogens (tertiary/aromatic N) is 2. The molecule has 2 aliphatic heterocycles. The fourth-order valence-corrected chi connectivity index (χ4v) is 2.80. The molecule has 0 spiro atoms. The predicted octanol–water partition coefficient (Wildman–Crippen LogP) is 0.621. The number of aromatic hydroxyl groups is 1. The molecule has 0 radical (unpaired) electrons. The average Bonchev–Trinajstić information content (AvgIpc) is 2.28. The lowest BCUT2D eigenvalue weighted by Crippen LogP contribution is -2.61. The van der Waals surface area contributed by atoms with Gasteiger partial charge in [-0.3, -0.25) is 9.80 Å². The number of hydrogen-bond donors (Lipinski definition) is 2. The summed E-state index contributed by atoms with van der Waals surface area (Å²) in [5.74, 6) is -0.358. The average molecular weight is 265 g/mol. The highest BCUT2D eigenvalue weighted by Gasteiger charge is 2.27. The summed E-state index contributed by atoms with van der Waals surface area (Å²) in [5, 5.41) is 12.7. The Balaban J connectivity index is 1.53. The van der Waals surface area contributed by atoms with E-state index in [1.165, 1.54) is 6.07 Å². The van der Waals surface area contributed by atoms with Gasteiger partial charge in [0.1, 0.15) is 11.6 Å². The van der Waals surface area contributed by atoms with E-state index in [4.69, 9.17) is 0 Å². The van der Waals surface area contributed by atoms with E-state index in [1.807, 2.05) is 0 Å². The van der Waals surface area contributed by atoms with E-state index >= 15 is 0 Å². The summed E-state index contributed by atoms with van der Waals surface area (Å²) in [6.45, 7) is 7.10. The highest BCUT2D eigenvalue weighted by Crippen LogP contribution is 2.17. The summed E-state index contributed by atoms with van der Waals surface area (Å²) in [6.07, 6.45) is 0. The van der Waals surface area contributed by atoms with E-state index in [0.29, 0.717) is 12.6 Å². The zero-order valence-corrected chi connectivity index (χ0v) is 11.0. The fourth-order valence-electron chi connectivity index (χ4n) is 2.80. The van der Waals surface area contributed by atoms with Crippen molar-refractivity contribution in [2.45, 2.75) is 12.6 Å². The molecule has 1 aromatic rings. The zero-order valence-electron chi connectivity index (χ0n) is 11.0. The van der Waals surface area contributed by atoms with Crippen molar-refractivity contribution < 1.29 is 9.50 Å². The molecule has 1 aromatic carbocycles. The Morgan fingerprint density at radius 3 is 2.47 bits per heavy atom. The van der Waals surface area contributed by atoms with Gasteiger partial charge in [0.15, 0.2) is 0 Å². The molecule has 0 amide bonds. The smallest absolute Gasteiger partial charge is 0.127 e. The van der Waals surface area contributed by atoms with Crippen LogP contribution in [0.2, 0.25) is 0 Å². The van der Waals surface area contributed by atoms with Crippen LogP contribution in [-0.2, 0) is 6.54 Å². The van der Waals surface area contributed by atoms with Crippen LogP contribution < -0.4 is 5.32 Å². The maximum atomic E-state index is 13.2. The van der Waals surface area contributed by atoms with Gasteiger partial charge in [0.25, 0.3) is 0 Å². The van der Waals surface area contributed by atoms with Crippen LogP contribution in [0.15, 0.2) is 18.2 Å². The molecule has 5 heteroatoms. The molecule has 104 valence electrons. The van der Waals surface area contributed by atoms with Crippen molar-refractivity contribution in [3.05, 3.63) is 29.6 Å². The van der Waals surface area contributed by atoms with Crippen LogP contribution in [0.25, 0.3) is 0 Å². The minimum Gasteiger partial charge on any atom is -0.508 e. The second-order valence-corrected chi connectivity index (χ2v) is 5.44. The van der Waals surface area contributed by atoms with E-state index in [9.17, 15) is 9.50 Å². The Morgan fingerprint density at radius 1 is 1.16 bits per heavy atom. The van der Waals surface area contributed by atoms with Crippen LogP contribution in [0.1, 0.15) is 5.56 Å². The van der Waals surface area contributed by atoms with Gasteiger partial charge in [-0.15, -0.1) is 0 Å². The van der Waals surface area contributed by atoms with Crippen LogP contribution in [0.5, 0.6) is 5.75 Å². The maximum absolute atomic E-state index is 13.2. The third-order valence-corrected chi connectivity index (χ3v) is 4.03. The van der Waals surface area contributed by atoms with Gasteiger partial charge in [-0.25, -0.2) is 4.39 Å². The van der Waals surface area contributed by atoms with Crippen molar-refractivity contribution in [3.63, 3.8) is 0 Å². The highest BCUT2D eigenvalue weighted by molar-refractivity contribution is 5.28. The van der Waals surface area contributed by atoms with Gasteiger partial charge < -0.3 is 10.4 Å². The van der Waals surface area contributed by atoms with Crippen molar-refractivity contribution in [1.82, 2.24) is 15.1 Å². The van der Waals surface area contributed by atoms with Gasteiger partial charge in [0, 0.05) is 57.9 Å². The Labute approximate surface area is 112 Å². The number of phenols is 1. The first-order valence-electron chi connectivity index (χ1n) is 6.86. The molecule has 2 saturated heterocycles. The monoisotopic (exact) mass is 265 g/mol. The molecule has 19 heavy (non-hydrogen) atoms. The SMILES string of the molecule is Oc1cc(F)cc(CN2CCN(C3CNC3)CC2)c1. The summed E-state index contributed by atoms with van der Waals surface area (Å²) in [5.41, 5.74) is 0.844. The standard InChI is InChI=1S/C14H20FN3O/c15-12-5-11(6-14(19)7-12)10-17-1-3-18(4-2-17)13-8-16-9-13/h5-7,13,16,19H,1-4,8-10H2. The zero-order chi connectivity index (χ0) is 13.2. The van der Waals surface area contributed by atoms with Gasteiger partial charge in [0.05, 0.1) is 0 Å². The number of hydrogen-bond acceptors (Lipinski definition) is 4. The molecule has 0 atom stereocenters. The van der Waals surface area contributed by atoms with Gasteiger partial charge in [0.2, 0.25) is 0 Å². The van der Waals surface area contributed by atoms with Gasteiger partial charge in [-0.1, -0.05) is 0 Å². The quantitative estimate of drug-likeness (QED) is 0.840. The van der Waals surface area contributed by atoms with E-state index in [1.54, 1.807) is 6.07 Å². The number of rotatable bonds is 3. The van der Waals surface area contributed by atoms with Crippen molar-refractivity contribution >= 4 is 0 Å². The van der Waals surface area contributed by atoms with Crippen LogP contribution in [0, 0.1) is 5.82 Å². The summed E-state index contributed by atoms with van der Waals surface area (Å²) in [7, 11) is 0. The molecule has 0 saturated carbocycles. The van der Waals surface area contributed by atoms with Gasteiger partial charge >= 0.3 is 0 Å². The van der Waals surface area contributed by atoms with E-state index in [-0.39, 0.29) is 11.6 Å². The van der Waals surface area contributed by atoms with E-state index < -0.39 is 0 Å². The van der Waals surface area contributed by atoms with E-state index in [2.05, 4.69) is 15.1 Å². The van der Waals surface area contributed by atoms with Crippen molar-refractivity contribution in [2.75, 3.05) is 39.3 Å². The molecule has 4 nitrogen and oxygen atoms in total. The second-order valence-electron chi connectivity index (χ2n) is 5.44. The number of phenolic OH excluding ortho intramolecular Hbond substituents is 1. The summed E-state index contributed by atoms with van der Waals surface area (Å²) in [6, 6.07) is 5.00. The lowest BCUT2D eigenvalue weighted by molar-refractivity contribution is 0.0695. The van der Waals surface area contributed by atoms with Crippen molar-refractivity contribution in [3.8, 4) is 5.75 Å². The minimum absolute atomic E-state index is 0.00850. The Hall–Kier alpha value is -1.17. The highest BCUT2D eigenvalue weighted by atomic mass is 19.1. The second kappa shape index (κ2) is 5.45. The molecule has 0 aliphatic carbocycles.